The number of methoxy groups -OCH3 is 5. The number of hydrogen-bond donors (Lipinski definition) is 0. The van der Waals surface area contributed by atoms with Crippen LogP contribution in [-0.2, 0) is 17.8 Å². The Morgan fingerprint density at radius 2 is 0.910 bits per heavy atom. The zero-order valence-electron chi connectivity index (χ0n) is 39.9. The summed E-state index contributed by atoms with van der Waals surface area (Å²) in [6, 6.07) is 15.7. The molecule has 2 aliphatic rings. The number of hydrazine groups is 1. The first-order valence-electron chi connectivity index (χ1n) is 22.8. The monoisotopic (exact) mass is 1040 g/mol. The van der Waals surface area contributed by atoms with E-state index in [1.165, 1.54) is 0 Å². The van der Waals surface area contributed by atoms with E-state index in [-0.39, 0.29) is 18.9 Å². The van der Waals surface area contributed by atoms with Crippen LogP contribution in [0.15, 0.2) is 60.9 Å². The second-order valence-electron chi connectivity index (χ2n) is 16.0. The molecule has 5 aromatic rings. The van der Waals surface area contributed by atoms with Crippen molar-refractivity contribution in [1.82, 2.24) is 34.3 Å². The molecule has 0 bridgehead atoms. The zero-order valence-corrected chi connectivity index (χ0v) is 42.1. The van der Waals surface area contributed by atoms with Crippen LogP contribution in [0.1, 0.15) is 57.6 Å². The third-order valence-electron chi connectivity index (χ3n) is 11.7. The molecule has 67 heavy (non-hydrogen) atoms. The number of ether oxygens (including phenoxy) is 9. The van der Waals surface area contributed by atoms with E-state index < -0.39 is 0 Å². The maximum absolute atomic E-state index is 6.23. The van der Waals surface area contributed by atoms with Gasteiger partial charge in [0.2, 0.25) is 23.5 Å². The normalized spacial score (nSPS) is 14.9. The highest BCUT2D eigenvalue weighted by Crippen LogP contribution is 2.38. The van der Waals surface area contributed by atoms with Crippen molar-refractivity contribution >= 4 is 34.5 Å². The van der Waals surface area contributed by atoms with Crippen LogP contribution in [0.3, 0.4) is 0 Å². The van der Waals surface area contributed by atoms with Gasteiger partial charge in [0.05, 0.1) is 76.0 Å². The number of anilines is 2. The summed E-state index contributed by atoms with van der Waals surface area (Å²) < 4.78 is 55.6. The van der Waals surface area contributed by atoms with Gasteiger partial charge in [-0.3, -0.25) is 9.80 Å². The molecule has 0 N–H and O–H groups in total. The van der Waals surface area contributed by atoms with E-state index in [9.17, 15) is 0 Å². The minimum Gasteiger partial charge on any atom is -0.493 e. The third kappa shape index (κ3) is 12.2. The molecule has 2 fully saturated rings. The Hall–Kier alpha value is -5.51. The summed E-state index contributed by atoms with van der Waals surface area (Å²) in [4.78, 5) is 24.8. The molecule has 0 radical (unpaired) electrons. The molecule has 0 saturated carbocycles. The van der Waals surface area contributed by atoms with Crippen LogP contribution in [0, 0.1) is 3.57 Å². The summed E-state index contributed by atoms with van der Waals surface area (Å²) in [6.07, 6.45) is 7.13. The summed E-state index contributed by atoms with van der Waals surface area (Å²) in [5.74, 6) is 5.43. The minimum atomic E-state index is -0.0738. The van der Waals surface area contributed by atoms with Gasteiger partial charge in [0.1, 0.15) is 28.7 Å². The molecule has 2 saturated heterocycles. The van der Waals surface area contributed by atoms with Crippen molar-refractivity contribution in [1.29, 1.82) is 0 Å². The fourth-order valence-corrected chi connectivity index (χ4v) is 9.27. The Labute approximate surface area is 407 Å². The fraction of sp³-hybridized carbons (Fsp3) is 0.500. The molecule has 2 aromatic carbocycles. The van der Waals surface area contributed by atoms with Crippen molar-refractivity contribution in [3.05, 3.63) is 75.6 Å². The first-order valence-corrected chi connectivity index (χ1v) is 23.9. The summed E-state index contributed by atoms with van der Waals surface area (Å²) in [5.41, 5.74) is 3.11. The summed E-state index contributed by atoms with van der Waals surface area (Å²) in [6.45, 7) is 12.3. The van der Waals surface area contributed by atoms with E-state index in [4.69, 9.17) is 62.6 Å². The van der Waals surface area contributed by atoms with Gasteiger partial charge in [0, 0.05) is 58.8 Å². The number of rotatable bonds is 23. The van der Waals surface area contributed by atoms with E-state index in [2.05, 4.69) is 66.7 Å². The van der Waals surface area contributed by atoms with Crippen LogP contribution in [0.2, 0.25) is 0 Å². The topological polar surface area (TPSA) is 153 Å². The van der Waals surface area contributed by atoms with Gasteiger partial charge in [-0.15, -0.1) is 0 Å². The summed E-state index contributed by atoms with van der Waals surface area (Å²) in [5, 5.41) is 4.32. The second-order valence-corrected chi connectivity index (χ2v) is 17.1. The highest BCUT2D eigenvalue weighted by atomic mass is 127. The number of hydrogen-bond acceptors (Lipinski definition) is 17. The molecule has 3 aromatic heterocycles. The number of likely N-dealkylation sites (tertiary alicyclic amines) is 2. The largest absolute Gasteiger partial charge is 0.493 e. The molecule has 0 unspecified atom stereocenters. The third-order valence-corrected chi connectivity index (χ3v) is 12.8. The van der Waals surface area contributed by atoms with E-state index in [0.29, 0.717) is 68.3 Å². The van der Waals surface area contributed by atoms with E-state index >= 15 is 0 Å². The van der Waals surface area contributed by atoms with Crippen molar-refractivity contribution < 1.29 is 42.6 Å². The van der Waals surface area contributed by atoms with Gasteiger partial charge in [0.15, 0.2) is 6.79 Å². The molecule has 2 aliphatic heterocycles. The summed E-state index contributed by atoms with van der Waals surface area (Å²) >= 11 is 2.27. The minimum absolute atomic E-state index is 0.0732. The van der Waals surface area contributed by atoms with E-state index in [1.54, 1.807) is 47.7 Å². The first kappa shape index (κ1) is 49.4. The molecule has 362 valence electrons. The lowest BCUT2D eigenvalue weighted by molar-refractivity contribution is 0.0501. The van der Waals surface area contributed by atoms with Crippen LogP contribution < -0.4 is 47.9 Å². The maximum Gasteiger partial charge on any atom is 0.251 e. The average Bonchev–Trinajstić information content (AvgIpc) is 3.89. The molecular formula is C48H64IN9O9. The van der Waals surface area contributed by atoms with Gasteiger partial charge in [-0.1, -0.05) is 0 Å². The smallest absolute Gasteiger partial charge is 0.251 e. The number of piperidine rings is 2. The van der Waals surface area contributed by atoms with E-state index in [0.717, 1.165) is 95.2 Å². The van der Waals surface area contributed by atoms with E-state index in [1.807, 2.05) is 49.9 Å². The van der Waals surface area contributed by atoms with Gasteiger partial charge in [-0.05, 0) is 117 Å². The predicted molar refractivity (Wildman–Crippen MR) is 263 cm³/mol. The van der Waals surface area contributed by atoms with Crippen LogP contribution in [0.25, 0.3) is 5.69 Å². The fourth-order valence-electron chi connectivity index (χ4n) is 8.64. The molecule has 0 spiro atoms. The van der Waals surface area contributed by atoms with Crippen LogP contribution in [0.5, 0.6) is 46.5 Å². The first-order chi connectivity index (χ1) is 32.7. The molecule has 19 heteroatoms. The molecule has 5 heterocycles. The maximum atomic E-state index is 6.23. The molecule has 18 nitrogen and oxygen atoms in total. The van der Waals surface area contributed by atoms with Gasteiger partial charge in [-0.25, -0.2) is 10.0 Å². The number of benzene rings is 2. The van der Waals surface area contributed by atoms with Gasteiger partial charge >= 0.3 is 0 Å². The van der Waals surface area contributed by atoms with Gasteiger partial charge < -0.3 is 47.2 Å². The number of nitrogens with zero attached hydrogens (tertiary/aromatic N) is 9. The van der Waals surface area contributed by atoms with Crippen molar-refractivity contribution in [2.24, 2.45) is 0 Å². The van der Waals surface area contributed by atoms with Crippen molar-refractivity contribution in [2.45, 2.75) is 71.6 Å². The Morgan fingerprint density at radius 3 is 1.28 bits per heavy atom. The predicted octanol–water partition coefficient (Wildman–Crippen LogP) is 7.43. The average molecular weight is 1040 g/mol. The standard InChI is InChI=1S/C48H64IN9O9/c1-9-64-37-24-33(25-38(45(37)49)67-32-59-4)30-54-20-14-35(15-21-54)57(47-50-41(60-5)28-42(51-47)61-6)58(48-52-43(62-7)29-44(53-48)63-8)36-16-22-55(23-17-36)31-34-26-39(65-10-2)46(40(27-34)66-11-3)56-18-12-13-19-56/h12-13,18-19,24-29,35-36H,9-11,14-17,20-23,30-32H2,1-8H3. The highest BCUT2D eigenvalue weighted by Gasteiger charge is 2.39. The van der Waals surface area contributed by atoms with Crippen LogP contribution in [-0.4, -0.2) is 135 Å². The van der Waals surface area contributed by atoms with Crippen molar-refractivity contribution in [2.75, 3.05) is 98.4 Å². The van der Waals surface area contributed by atoms with Crippen molar-refractivity contribution in [3.8, 4) is 52.2 Å². The lowest BCUT2D eigenvalue weighted by Gasteiger charge is -2.48. The Balaban J connectivity index is 1.20. The molecule has 7 rings (SSSR count). The second kappa shape index (κ2) is 24.0. The Morgan fingerprint density at radius 1 is 0.537 bits per heavy atom. The van der Waals surface area contributed by atoms with Gasteiger partial charge in [0.25, 0.3) is 11.9 Å². The zero-order chi connectivity index (χ0) is 47.3. The van der Waals surface area contributed by atoms with Crippen molar-refractivity contribution in [3.63, 3.8) is 0 Å². The number of aromatic nitrogens is 5. The highest BCUT2D eigenvalue weighted by molar-refractivity contribution is 14.1. The SMILES string of the molecule is CCOc1cc(CN2CCC(N(c3nc(OC)cc(OC)n3)N(c3nc(OC)cc(OC)n3)C3CCN(Cc4cc(OCC)c(-n5cccc5)c(OCC)c4)CC3)CC2)cc(OCOC)c1I. The summed E-state index contributed by atoms with van der Waals surface area (Å²) in [7, 11) is 7.98. The molecule has 0 aliphatic carbocycles. The van der Waals surface area contributed by atoms with Crippen LogP contribution in [0.4, 0.5) is 11.9 Å². The lowest BCUT2D eigenvalue weighted by atomic mass is 10.0. The quantitative estimate of drug-likeness (QED) is 0.0362. The number of halogens is 1. The van der Waals surface area contributed by atoms with Gasteiger partial charge in [-0.2, -0.15) is 19.9 Å². The van der Waals surface area contributed by atoms with Crippen LogP contribution >= 0.6 is 22.6 Å². The lowest BCUT2D eigenvalue weighted by Crippen LogP contribution is -2.59. The Bertz CT molecular complexity index is 2270. The molecule has 0 atom stereocenters. The molecular weight excluding hydrogens is 973 g/mol. The Kier molecular flexibility index (Phi) is 17.7. The molecule has 0 amide bonds.